The van der Waals surface area contributed by atoms with Crippen molar-refractivity contribution in [2.45, 2.75) is 39.1 Å². The fourth-order valence-corrected chi connectivity index (χ4v) is 3.86. The van der Waals surface area contributed by atoms with Gasteiger partial charge in [-0.1, -0.05) is 68.4 Å². The molecule has 3 nitrogen and oxygen atoms in total. The number of aromatic hydroxyl groups is 1. The molecule has 30 heavy (non-hydrogen) atoms. The average molecular weight is 423 g/mol. The molecular formula is C25H28BClO3. The minimum absolute atomic E-state index is 0.144. The smallest absolute Gasteiger partial charge is 0.458 e. The van der Waals surface area contributed by atoms with Crippen LogP contribution in [0.4, 0.5) is 0 Å². The van der Waals surface area contributed by atoms with E-state index in [1.54, 1.807) is 12.1 Å². The Kier molecular flexibility index (Phi) is 7.60. The lowest BCUT2D eigenvalue weighted by atomic mass is 9.76. The van der Waals surface area contributed by atoms with E-state index < -0.39 is 7.12 Å². The number of halogens is 1. The first-order valence-electron chi connectivity index (χ1n) is 10.3. The van der Waals surface area contributed by atoms with Crippen molar-refractivity contribution in [3.8, 4) is 5.75 Å². The summed E-state index contributed by atoms with van der Waals surface area (Å²) >= 11 is 6.35. The van der Waals surface area contributed by atoms with Crippen LogP contribution in [-0.4, -0.2) is 23.4 Å². The number of allylic oxidation sites excluding steroid dienone is 2. The van der Waals surface area contributed by atoms with Gasteiger partial charge in [-0.15, -0.1) is 0 Å². The van der Waals surface area contributed by atoms with E-state index in [-0.39, 0.29) is 11.9 Å². The van der Waals surface area contributed by atoms with E-state index in [4.69, 9.17) is 16.3 Å². The number of rotatable bonds is 7. The van der Waals surface area contributed by atoms with E-state index in [0.29, 0.717) is 23.7 Å². The molecule has 0 aliphatic carbocycles. The first-order valence-corrected chi connectivity index (χ1v) is 10.7. The lowest BCUT2D eigenvalue weighted by molar-refractivity contribution is 0.183. The molecule has 0 aromatic heterocycles. The summed E-state index contributed by atoms with van der Waals surface area (Å²) in [4.78, 5) is 0. The van der Waals surface area contributed by atoms with Crippen LogP contribution in [0.15, 0.2) is 72.3 Å². The van der Waals surface area contributed by atoms with Crippen LogP contribution in [0.3, 0.4) is 0 Å². The molecule has 0 amide bonds. The van der Waals surface area contributed by atoms with Gasteiger partial charge in [0, 0.05) is 6.32 Å². The minimum atomic E-state index is -0.783. The molecule has 1 unspecified atom stereocenters. The summed E-state index contributed by atoms with van der Waals surface area (Å²) in [6, 6.07) is 15.1. The maximum absolute atomic E-state index is 10.0. The van der Waals surface area contributed by atoms with Crippen LogP contribution in [0.25, 0.3) is 11.6 Å². The first kappa shape index (κ1) is 22.4. The van der Waals surface area contributed by atoms with E-state index in [1.807, 2.05) is 24.3 Å². The second-order valence-electron chi connectivity index (χ2n) is 7.93. The van der Waals surface area contributed by atoms with Crippen LogP contribution in [0.2, 0.25) is 11.3 Å². The maximum atomic E-state index is 10.0. The van der Waals surface area contributed by atoms with Gasteiger partial charge in [0.25, 0.3) is 0 Å². The highest BCUT2D eigenvalue weighted by molar-refractivity contribution is 6.43. The molecule has 0 fully saturated rings. The zero-order valence-electron chi connectivity index (χ0n) is 17.5. The second-order valence-corrected chi connectivity index (χ2v) is 8.34. The van der Waals surface area contributed by atoms with Gasteiger partial charge >= 0.3 is 7.12 Å². The van der Waals surface area contributed by atoms with Gasteiger partial charge in [0.2, 0.25) is 0 Å². The summed E-state index contributed by atoms with van der Waals surface area (Å²) in [5, 5.41) is 20.2. The van der Waals surface area contributed by atoms with Crippen molar-refractivity contribution in [2.24, 2.45) is 5.92 Å². The molecule has 0 spiro atoms. The van der Waals surface area contributed by atoms with Crippen LogP contribution < -0.4 is 0 Å². The van der Waals surface area contributed by atoms with Crippen molar-refractivity contribution >= 4 is 30.4 Å². The minimum Gasteiger partial charge on any atom is -0.508 e. The molecule has 1 aliphatic rings. The van der Waals surface area contributed by atoms with Crippen molar-refractivity contribution < 1.29 is 14.8 Å². The summed E-state index contributed by atoms with van der Waals surface area (Å²) in [5.74, 6) is 0.461. The monoisotopic (exact) mass is 422 g/mol. The molecule has 5 heteroatoms. The Morgan fingerprint density at radius 2 is 2.00 bits per heavy atom. The Hall–Kier alpha value is -2.27. The number of hydrogen-bond acceptors (Lipinski definition) is 3. The van der Waals surface area contributed by atoms with Crippen molar-refractivity contribution in [1.82, 2.24) is 0 Å². The highest BCUT2D eigenvalue weighted by atomic mass is 35.5. The van der Waals surface area contributed by atoms with Gasteiger partial charge < -0.3 is 14.8 Å². The van der Waals surface area contributed by atoms with Crippen LogP contribution in [-0.2, 0) is 4.65 Å². The molecule has 3 rings (SSSR count). The van der Waals surface area contributed by atoms with Crippen molar-refractivity contribution in [3.63, 3.8) is 0 Å². The molecule has 156 valence electrons. The summed E-state index contributed by atoms with van der Waals surface area (Å²) < 4.78 is 5.89. The van der Waals surface area contributed by atoms with Gasteiger partial charge in [0.05, 0.1) is 11.1 Å². The predicted octanol–water partition coefficient (Wildman–Crippen LogP) is 6.38. The number of phenols is 1. The third kappa shape index (κ3) is 5.66. The number of benzene rings is 2. The molecule has 0 saturated heterocycles. The highest BCUT2D eigenvalue weighted by Gasteiger charge is 2.29. The van der Waals surface area contributed by atoms with E-state index in [1.165, 1.54) is 0 Å². The molecule has 0 saturated carbocycles. The van der Waals surface area contributed by atoms with Crippen LogP contribution in [0.1, 0.15) is 37.8 Å². The fourth-order valence-electron chi connectivity index (χ4n) is 3.63. The van der Waals surface area contributed by atoms with E-state index in [0.717, 1.165) is 34.3 Å². The third-order valence-corrected chi connectivity index (χ3v) is 5.74. The Labute approximate surface area is 184 Å². The molecule has 2 N–H and O–H groups in total. The average Bonchev–Trinajstić information content (AvgIpc) is 2.72. The van der Waals surface area contributed by atoms with Gasteiger partial charge in [-0.2, -0.15) is 0 Å². The standard InChI is InChI=1S/C25H28BClO3/c1-17(2)18(3)23-13-14-26(29)30-25(23)12-10-20(19-7-5-4-6-8-19)15-21-9-11-22(28)16-24(21)27/h4-9,11,13,15-17,25,28-29H,3,10,12,14H2,1-2H3/b20-15-. The zero-order chi connectivity index (χ0) is 21.7. The van der Waals surface area contributed by atoms with Crippen LogP contribution in [0.5, 0.6) is 5.75 Å². The van der Waals surface area contributed by atoms with E-state index in [9.17, 15) is 10.1 Å². The maximum Gasteiger partial charge on any atom is 0.458 e. The predicted molar refractivity (Wildman–Crippen MR) is 126 cm³/mol. The molecule has 0 radical (unpaired) electrons. The SMILES string of the molecule is C=C(C1=CCB(O)OC1CC/C(=C/c1ccc(O)cc1Cl)c1ccccc1)C(C)C. The quantitative estimate of drug-likeness (QED) is 0.402. The summed E-state index contributed by atoms with van der Waals surface area (Å²) in [7, 11) is -0.783. The molecule has 1 atom stereocenters. The summed E-state index contributed by atoms with van der Waals surface area (Å²) in [6.45, 7) is 8.48. The lowest BCUT2D eigenvalue weighted by Crippen LogP contribution is -2.32. The second kappa shape index (κ2) is 10.2. The van der Waals surface area contributed by atoms with Gasteiger partial charge in [-0.05, 0) is 70.9 Å². The zero-order valence-corrected chi connectivity index (χ0v) is 18.3. The van der Waals surface area contributed by atoms with E-state index in [2.05, 4.69) is 44.7 Å². The van der Waals surface area contributed by atoms with Gasteiger partial charge in [0.1, 0.15) is 5.75 Å². The first-order chi connectivity index (χ1) is 14.3. The van der Waals surface area contributed by atoms with Gasteiger partial charge in [-0.25, -0.2) is 0 Å². The Bertz CT molecular complexity index is 950. The summed E-state index contributed by atoms with van der Waals surface area (Å²) in [6.07, 6.45) is 5.85. The normalized spacial score (nSPS) is 17.2. The van der Waals surface area contributed by atoms with E-state index >= 15 is 0 Å². The molecule has 0 bridgehead atoms. The fraction of sp³-hybridized carbons (Fsp3) is 0.280. The third-order valence-electron chi connectivity index (χ3n) is 5.41. The lowest BCUT2D eigenvalue weighted by Gasteiger charge is -2.30. The Morgan fingerprint density at radius 1 is 1.27 bits per heavy atom. The topological polar surface area (TPSA) is 49.7 Å². The molecular weight excluding hydrogens is 395 g/mol. The van der Waals surface area contributed by atoms with Gasteiger partial charge in [-0.3, -0.25) is 0 Å². The number of phenolic OH excluding ortho intramolecular Hbond substituents is 1. The summed E-state index contributed by atoms with van der Waals surface area (Å²) in [5.41, 5.74) is 5.21. The Morgan fingerprint density at radius 3 is 2.67 bits per heavy atom. The van der Waals surface area contributed by atoms with Crippen LogP contribution >= 0.6 is 11.6 Å². The van der Waals surface area contributed by atoms with Crippen molar-refractivity contribution in [1.29, 1.82) is 0 Å². The molecule has 1 aliphatic heterocycles. The van der Waals surface area contributed by atoms with Crippen LogP contribution in [0, 0.1) is 5.92 Å². The largest absolute Gasteiger partial charge is 0.508 e. The Balaban J connectivity index is 1.88. The van der Waals surface area contributed by atoms with Gasteiger partial charge in [0.15, 0.2) is 0 Å². The number of hydrogen-bond donors (Lipinski definition) is 2. The highest BCUT2D eigenvalue weighted by Crippen LogP contribution is 2.33. The molecule has 2 aromatic carbocycles. The molecule has 2 aromatic rings. The van der Waals surface area contributed by atoms with Crippen molar-refractivity contribution in [2.75, 3.05) is 0 Å². The molecule has 1 heterocycles. The van der Waals surface area contributed by atoms with Crippen molar-refractivity contribution in [3.05, 3.63) is 88.5 Å².